The van der Waals surface area contributed by atoms with Gasteiger partial charge < -0.3 is 5.32 Å². The highest BCUT2D eigenvalue weighted by atomic mass is 16.2. The first kappa shape index (κ1) is 16.1. The van der Waals surface area contributed by atoms with E-state index >= 15 is 0 Å². The summed E-state index contributed by atoms with van der Waals surface area (Å²) in [4.78, 5) is 12.5. The van der Waals surface area contributed by atoms with Gasteiger partial charge in [0.25, 0.3) is 0 Å². The Morgan fingerprint density at radius 1 is 1.24 bits per heavy atom. The molecule has 1 aromatic carbocycles. The van der Waals surface area contributed by atoms with Crippen LogP contribution in [0.15, 0.2) is 30.3 Å². The molecular formula is C19H29NO. The van der Waals surface area contributed by atoms with Crippen molar-refractivity contribution in [3.63, 3.8) is 0 Å². The maximum atomic E-state index is 12.5. The molecule has 0 radical (unpaired) electrons. The molecule has 0 bridgehead atoms. The lowest BCUT2D eigenvalue weighted by atomic mass is 9.85. The fourth-order valence-electron chi connectivity index (χ4n) is 2.98. The molecule has 0 heterocycles. The standard InChI is InChI=1S/C19H29NO/c1-4-8-17(14-11-15-9-6-5-7-10-15)20-18(21)19(2,3)16-12-13-16/h5-7,9-10,16-17H,4,8,11-14H2,1-3H3,(H,20,21). The molecule has 1 aliphatic rings. The fraction of sp³-hybridized carbons (Fsp3) is 0.632. The summed E-state index contributed by atoms with van der Waals surface area (Å²) in [5.41, 5.74) is 1.16. The molecule has 116 valence electrons. The minimum absolute atomic E-state index is 0.196. The van der Waals surface area contributed by atoms with E-state index in [0.29, 0.717) is 12.0 Å². The Kier molecular flexibility index (Phi) is 5.44. The van der Waals surface area contributed by atoms with E-state index in [1.165, 1.54) is 18.4 Å². The van der Waals surface area contributed by atoms with Crippen LogP contribution < -0.4 is 5.32 Å². The van der Waals surface area contributed by atoms with Crippen LogP contribution >= 0.6 is 0 Å². The first-order valence-corrected chi connectivity index (χ1v) is 8.39. The lowest BCUT2D eigenvalue weighted by molar-refractivity contribution is -0.131. The third-order valence-electron chi connectivity index (χ3n) is 4.78. The minimum atomic E-state index is -0.196. The van der Waals surface area contributed by atoms with Crippen LogP contribution in [0.5, 0.6) is 0 Å². The van der Waals surface area contributed by atoms with Gasteiger partial charge in [-0.3, -0.25) is 4.79 Å². The molecular weight excluding hydrogens is 258 g/mol. The second-order valence-corrected chi connectivity index (χ2v) is 6.98. The van der Waals surface area contributed by atoms with Gasteiger partial charge in [0, 0.05) is 11.5 Å². The molecule has 2 nitrogen and oxygen atoms in total. The summed E-state index contributed by atoms with van der Waals surface area (Å²) in [7, 11) is 0. The maximum Gasteiger partial charge on any atom is 0.226 e. The number of benzene rings is 1. The number of amides is 1. The highest BCUT2D eigenvalue weighted by Crippen LogP contribution is 2.45. The van der Waals surface area contributed by atoms with Crippen molar-refractivity contribution in [3.05, 3.63) is 35.9 Å². The van der Waals surface area contributed by atoms with E-state index < -0.39 is 0 Å². The van der Waals surface area contributed by atoms with Crippen LogP contribution in [0.25, 0.3) is 0 Å². The van der Waals surface area contributed by atoms with Gasteiger partial charge in [-0.2, -0.15) is 0 Å². The molecule has 0 aromatic heterocycles. The molecule has 0 spiro atoms. The summed E-state index contributed by atoms with van der Waals surface area (Å²) >= 11 is 0. The topological polar surface area (TPSA) is 29.1 Å². The monoisotopic (exact) mass is 287 g/mol. The molecule has 1 unspecified atom stereocenters. The van der Waals surface area contributed by atoms with Crippen LogP contribution in [0, 0.1) is 11.3 Å². The molecule has 1 N–H and O–H groups in total. The quantitative estimate of drug-likeness (QED) is 0.757. The zero-order valence-electron chi connectivity index (χ0n) is 13.7. The third-order valence-corrected chi connectivity index (χ3v) is 4.78. The molecule has 1 atom stereocenters. The van der Waals surface area contributed by atoms with E-state index in [-0.39, 0.29) is 11.3 Å². The molecule has 2 heteroatoms. The number of carbonyl (C=O) groups is 1. The predicted molar refractivity (Wildman–Crippen MR) is 88.1 cm³/mol. The zero-order valence-corrected chi connectivity index (χ0v) is 13.7. The van der Waals surface area contributed by atoms with E-state index in [2.05, 4.69) is 50.4 Å². The second-order valence-electron chi connectivity index (χ2n) is 6.98. The lowest BCUT2D eigenvalue weighted by Crippen LogP contribution is -2.44. The van der Waals surface area contributed by atoms with Gasteiger partial charge in [0.15, 0.2) is 0 Å². The van der Waals surface area contributed by atoms with Crippen molar-refractivity contribution < 1.29 is 4.79 Å². The van der Waals surface area contributed by atoms with Crippen molar-refractivity contribution in [1.82, 2.24) is 5.32 Å². The van der Waals surface area contributed by atoms with Gasteiger partial charge >= 0.3 is 0 Å². The molecule has 1 amide bonds. The molecule has 1 fully saturated rings. The minimum Gasteiger partial charge on any atom is -0.353 e. The second kappa shape index (κ2) is 7.11. The Labute approximate surface area is 129 Å². The fourth-order valence-corrected chi connectivity index (χ4v) is 2.98. The number of nitrogens with one attached hydrogen (secondary N) is 1. The van der Waals surface area contributed by atoms with Crippen LogP contribution in [0.2, 0.25) is 0 Å². The van der Waals surface area contributed by atoms with Gasteiger partial charge in [0.05, 0.1) is 0 Å². The van der Waals surface area contributed by atoms with E-state index in [1.807, 2.05) is 6.07 Å². The van der Waals surface area contributed by atoms with Crippen molar-refractivity contribution in [3.8, 4) is 0 Å². The van der Waals surface area contributed by atoms with Gasteiger partial charge in [-0.05, 0) is 43.6 Å². The number of carbonyl (C=O) groups excluding carboxylic acids is 1. The first-order valence-electron chi connectivity index (χ1n) is 8.39. The molecule has 0 aliphatic heterocycles. The SMILES string of the molecule is CCCC(CCc1ccccc1)NC(=O)C(C)(C)C1CC1. The number of rotatable bonds is 8. The Hall–Kier alpha value is -1.31. The zero-order chi connectivity index (χ0) is 15.3. The average Bonchev–Trinajstić information content (AvgIpc) is 3.31. The van der Waals surface area contributed by atoms with Crippen molar-refractivity contribution in [2.24, 2.45) is 11.3 Å². The number of hydrogen-bond donors (Lipinski definition) is 1. The van der Waals surface area contributed by atoms with Crippen LogP contribution in [-0.2, 0) is 11.2 Å². The Balaban J connectivity index is 1.87. The number of hydrogen-bond acceptors (Lipinski definition) is 1. The molecule has 0 saturated heterocycles. The normalized spacial score (nSPS) is 16.5. The maximum absolute atomic E-state index is 12.5. The number of aryl methyl sites for hydroxylation is 1. The van der Waals surface area contributed by atoms with E-state index in [0.717, 1.165) is 25.7 Å². The van der Waals surface area contributed by atoms with Gasteiger partial charge in [-0.1, -0.05) is 57.5 Å². The molecule has 21 heavy (non-hydrogen) atoms. The summed E-state index contributed by atoms with van der Waals surface area (Å²) in [5.74, 6) is 0.838. The van der Waals surface area contributed by atoms with E-state index in [4.69, 9.17) is 0 Å². The van der Waals surface area contributed by atoms with Crippen molar-refractivity contribution in [2.45, 2.75) is 65.3 Å². The molecule has 1 saturated carbocycles. The Morgan fingerprint density at radius 2 is 1.90 bits per heavy atom. The van der Waals surface area contributed by atoms with Gasteiger partial charge in [-0.25, -0.2) is 0 Å². The Bertz CT molecular complexity index is 448. The highest BCUT2D eigenvalue weighted by molar-refractivity contribution is 5.82. The molecule has 1 aromatic rings. The Morgan fingerprint density at radius 3 is 2.48 bits per heavy atom. The average molecular weight is 287 g/mol. The van der Waals surface area contributed by atoms with Crippen LogP contribution in [0.1, 0.15) is 58.4 Å². The first-order chi connectivity index (χ1) is 10.0. The highest BCUT2D eigenvalue weighted by Gasteiger charge is 2.43. The smallest absolute Gasteiger partial charge is 0.226 e. The molecule has 1 aliphatic carbocycles. The van der Waals surface area contributed by atoms with Crippen molar-refractivity contribution in [2.75, 3.05) is 0 Å². The van der Waals surface area contributed by atoms with Crippen LogP contribution in [0.4, 0.5) is 0 Å². The third kappa shape index (κ3) is 4.59. The largest absolute Gasteiger partial charge is 0.353 e. The van der Waals surface area contributed by atoms with Crippen LogP contribution in [-0.4, -0.2) is 11.9 Å². The van der Waals surface area contributed by atoms with Crippen molar-refractivity contribution >= 4 is 5.91 Å². The van der Waals surface area contributed by atoms with Gasteiger partial charge in [0.1, 0.15) is 0 Å². The van der Waals surface area contributed by atoms with Crippen LogP contribution in [0.3, 0.4) is 0 Å². The van der Waals surface area contributed by atoms with Crippen molar-refractivity contribution in [1.29, 1.82) is 0 Å². The van der Waals surface area contributed by atoms with Gasteiger partial charge in [-0.15, -0.1) is 0 Å². The predicted octanol–water partition coefficient (Wildman–Crippen LogP) is 4.34. The summed E-state index contributed by atoms with van der Waals surface area (Å²) in [6.07, 6.45) is 6.68. The van der Waals surface area contributed by atoms with Gasteiger partial charge in [0.2, 0.25) is 5.91 Å². The van der Waals surface area contributed by atoms with E-state index in [9.17, 15) is 4.79 Å². The summed E-state index contributed by atoms with van der Waals surface area (Å²) in [6, 6.07) is 10.9. The lowest BCUT2D eigenvalue weighted by Gasteiger charge is -2.27. The summed E-state index contributed by atoms with van der Waals surface area (Å²) in [5, 5.41) is 3.31. The summed E-state index contributed by atoms with van der Waals surface area (Å²) < 4.78 is 0. The van der Waals surface area contributed by atoms with E-state index in [1.54, 1.807) is 0 Å². The summed E-state index contributed by atoms with van der Waals surface area (Å²) in [6.45, 7) is 6.38. The molecule has 2 rings (SSSR count).